The number of carbonyl (C=O) groups is 2. The molecule has 3 aromatic carbocycles. The van der Waals surface area contributed by atoms with Gasteiger partial charge in [0.25, 0.3) is 21.6 Å². The minimum Gasteiger partial charge on any atom is -0.478 e. The van der Waals surface area contributed by atoms with Crippen molar-refractivity contribution in [2.75, 3.05) is 10.8 Å². The number of nitrogens with one attached hydrogen (secondary N) is 1. The molecule has 174 valence electrons. The van der Waals surface area contributed by atoms with Gasteiger partial charge < -0.3 is 5.11 Å². The zero-order valence-electron chi connectivity index (χ0n) is 17.4. The first-order valence-corrected chi connectivity index (χ1v) is 11.1. The molecule has 0 aromatic heterocycles. The van der Waals surface area contributed by atoms with Crippen LogP contribution in [0.3, 0.4) is 0 Å². The molecule has 0 saturated heterocycles. The molecule has 0 heterocycles. The van der Waals surface area contributed by atoms with Gasteiger partial charge in [-0.3, -0.25) is 19.2 Å². The van der Waals surface area contributed by atoms with Gasteiger partial charge in [0.2, 0.25) is 0 Å². The number of hydrogen-bond acceptors (Lipinski definition) is 7. The molecule has 3 rings (SSSR count). The number of hydrazone groups is 1. The highest BCUT2D eigenvalue weighted by Crippen LogP contribution is 2.25. The fourth-order valence-electron chi connectivity index (χ4n) is 2.83. The smallest absolute Gasteiger partial charge is 0.335 e. The van der Waals surface area contributed by atoms with E-state index in [2.05, 4.69) is 10.5 Å². The summed E-state index contributed by atoms with van der Waals surface area (Å²) in [5.74, 6) is -1.85. The molecule has 11 nitrogen and oxygen atoms in total. The van der Waals surface area contributed by atoms with Crippen molar-refractivity contribution in [3.8, 4) is 0 Å². The highest BCUT2D eigenvalue weighted by Gasteiger charge is 2.27. The zero-order chi connectivity index (χ0) is 24.7. The fourth-order valence-corrected chi connectivity index (χ4v) is 4.27. The number of anilines is 1. The first-order chi connectivity index (χ1) is 16.2. The summed E-state index contributed by atoms with van der Waals surface area (Å²) in [4.78, 5) is 33.6. The van der Waals surface area contributed by atoms with Crippen molar-refractivity contribution in [2.24, 2.45) is 5.10 Å². The highest BCUT2D eigenvalue weighted by molar-refractivity contribution is 7.92. The molecule has 0 atom stereocenters. The molecule has 2 N–H and O–H groups in total. The maximum atomic E-state index is 13.2. The van der Waals surface area contributed by atoms with Crippen LogP contribution in [0.1, 0.15) is 15.9 Å². The number of nitro groups is 1. The number of rotatable bonds is 9. The molecule has 0 aliphatic heterocycles. The van der Waals surface area contributed by atoms with Gasteiger partial charge in [0, 0.05) is 12.1 Å². The monoisotopic (exact) mass is 482 g/mol. The van der Waals surface area contributed by atoms with Crippen LogP contribution in [0.2, 0.25) is 0 Å². The normalized spacial score (nSPS) is 11.2. The fraction of sp³-hybridized carbons (Fsp3) is 0.0455. The van der Waals surface area contributed by atoms with Crippen LogP contribution in [0.15, 0.2) is 88.9 Å². The molecule has 0 aliphatic rings. The molecule has 0 radical (unpaired) electrons. The van der Waals surface area contributed by atoms with Gasteiger partial charge in [0.05, 0.1) is 27.3 Å². The molecule has 0 spiro atoms. The molecule has 0 unspecified atom stereocenters. The third-order valence-corrected chi connectivity index (χ3v) is 6.32. The van der Waals surface area contributed by atoms with E-state index in [1.54, 1.807) is 6.07 Å². The molecule has 34 heavy (non-hydrogen) atoms. The number of carboxylic acid groups (broad SMARTS) is 1. The lowest BCUT2D eigenvalue weighted by Gasteiger charge is -2.23. The van der Waals surface area contributed by atoms with Gasteiger partial charge in [-0.15, -0.1) is 0 Å². The van der Waals surface area contributed by atoms with Crippen LogP contribution in [0.5, 0.6) is 0 Å². The first kappa shape index (κ1) is 24.1. The number of hydrogen-bond donors (Lipinski definition) is 2. The summed E-state index contributed by atoms with van der Waals surface area (Å²) in [6.07, 6.45) is 1.27. The van der Waals surface area contributed by atoms with Crippen LogP contribution >= 0.6 is 0 Å². The standard InChI is InChI=1S/C22H18N4O7S/c27-21(24-23-14-16-6-8-17(9-7-16)22(28)29)15-25(18-10-12-19(13-11-18)26(30)31)34(32,33)20-4-2-1-3-5-20/h1-14H,15H2,(H,24,27)(H,28,29)/b23-14-. The molecule has 0 saturated carbocycles. The van der Waals surface area contributed by atoms with Crippen molar-refractivity contribution < 1.29 is 28.0 Å². The van der Waals surface area contributed by atoms with Crippen molar-refractivity contribution in [3.63, 3.8) is 0 Å². The molecule has 0 bridgehead atoms. The van der Waals surface area contributed by atoms with Crippen LogP contribution in [-0.4, -0.2) is 43.1 Å². The van der Waals surface area contributed by atoms with E-state index in [-0.39, 0.29) is 21.8 Å². The maximum Gasteiger partial charge on any atom is 0.335 e. The lowest BCUT2D eigenvalue weighted by Crippen LogP contribution is -2.39. The Morgan fingerprint density at radius 2 is 1.62 bits per heavy atom. The molecule has 0 fully saturated rings. The van der Waals surface area contributed by atoms with E-state index in [9.17, 15) is 28.1 Å². The van der Waals surface area contributed by atoms with E-state index in [0.29, 0.717) is 5.56 Å². The van der Waals surface area contributed by atoms with Crippen molar-refractivity contribution in [1.82, 2.24) is 5.43 Å². The molecular formula is C22H18N4O7S. The van der Waals surface area contributed by atoms with Gasteiger partial charge in [-0.05, 0) is 42.0 Å². The summed E-state index contributed by atoms with van der Waals surface area (Å²) < 4.78 is 27.2. The van der Waals surface area contributed by atoms with Gasteiger partial charge in [-0.2, -0.15) is 5.10 Å². The summed E-state index contributed by atoms with van der Waals surface area (Å²) in [5.41, 5.74) is 2.64. The topological polar surface area (TPSA) is 159 Å². The third-order valence-electron chi connectivity index (χ3n) is 4.53. The minimum atomic E-state index is -4.18. The Kier molecular flexibility index (Phi) is 7.33. The van der Waals surface area contributed by atoms with Crippen LogP contribution < -0.4 is 9.73 Å². The first-order valence-electron chi connectivity index (χ1n) is 9.66. The highest BCUT2D eigenvalue weighted by atomic mass is 32.2. The second kappa shape index (κ2) is 10.4. The number of nitro benzene ring substituents is 1. The van der Waals surface area contributed by atoms with Gasteiger partial charge in [0.15, 0.2) is 0 Å². The van der Waals surface area contributed by atoms with Crippen molar-refractivity contribution in [2.45, 2.75) is 4.90 Å². The number of amides is 1. The molecule has 3 aromatic rings. The largest absolute Gasteiger partial charge is 0.478 e. The van der Waals surface area contributed by atoms with Gasteiger partial charge in [-0.1, -0.05) is 30.3 Å². The second-order valence-electron chi connectivity index (χ2n) is 6.82. The SMILES string of the molecule is O=C(CN(c1ccc([N+](=O)[O-])cc1)S(=O)(=O)c1ccccc1)N/N=C\c1ccc(C(=O)O)cc1. The number of carboxylic acids is 1. The number of sulfonamides is 1. The molecule has 1 amide bonds. The predicted molar refractivity (Wildman–Crippen MR) is 123 cm³/mol. The summed E-state index contributed by atoms with van der Waals surface area (Å²) in [7, 11) is -4.18. The van der Waals surface area contributed by atoms with Crippen LogP contribution in [0.25, 0.3) is 0 Å². The van der Waals surface area contributed by atoms with E-state index in [0.717, 1.165) is 16.4 Å². The number of aromatic carboxylic acids is 1. The lowest BCUT2D eigenvalue weighted by atomic mass is 10.1. The zero-order valence-corrected chi connectivity index (χ0v) is 18.3. The van der Waals surface area contributed by atoms with Gasteiger partial charge in [-0.25, -0.2) is 18.6 Å². The Bertz CT molecular complexity index is 1320. The lowest BCUT2D eigenvalue weighted by molar-refractivity contribution is -0.384. The van der Waals surface area contributed by atoms with Gasteiger partial charge >= 0.3 is 5.97 Å². The van der Waals surface area contributed by atoms with E-state index in [1.807, 2.05) is 0 Å². The average Bonchev–Trinajstić information content (AvgIpc) is 2.83. The number of benzene rings is 3. The predicted octanol–water partition coefficient (Wildman–Crippen LogP) is 2.64. The summed E-state index contributed by atoms with van der Waals surface area (Å²) in [5, 5.41) is 23.6. The van der Waals surface area contributed by atoms with Gasteiger partial charge in [0.1, 0.15) is 6.54 Å². The molecule has 12 heteroatoms. The Labute approximate surface area is 194 Å². The third kappa shape index (κ3) is 5.81. The molecular weight excluding hydrogens is 464 g/mol. The number of nitrogens with zero attached hydrogens (tertiary/aromatic N) is 3. The quantitative estimate of drug-likeness (QED) is 0.269. The van der Waals surface area contributed by atoms with E-state index in [4.69, 9.17) is 5.11 Å². The Morgan fingerprint density at radius 1 is 1.00 bits per heavy atom. The van der Waals surface area contributed by atoms with Crippen molar-refractivity contribution in [3.05, 3.63) is 100 Å². The van der Waals surface area contributed by atoms with Crippen molar-refractivity contribution >= 4 is 39.5 Å². The van der Waals surface area contributed by atoms with E-state index < -0.39 is 33.4 Å². The summed E-state index contributed by atoms with van der Waals surface area (Å²) in [6, 6.07) is 17.9. The maximum absolute atomic E-state index is 13.2. The van der Waals surface area contributed by atoms with Crippen LogP contribution in [-0.2, 0) is 14.8 Å². The minimum absolute atomic E-state index is 0.0536. The summed E-state index contributed by atoms with van der Waals surface area (Å²) in [6.45, 7) is -0.648. The van der Waals surface area contributed by atoms with Crippen molar-refractivity contribution in [1.29, 1.82) is 0 Å². The molecule has 0 aliphatic carbocycles. The van der Waals surface area contributed by atoms with Crippen LogP contribution in [0, 0.1) is 10.1 Å². The Balaban J connectivity index is 1.81. The van der Waals surface area contributed by atoms with E-state index >= 15 is 0 Å². The second-order valence-corrected chi connectivity index (χ2v) is 8.68. The average molecular weight is 482 g/mol. The summed E-state index contributed by atoms with van der Waals surface area (Å²) >= 11 is 0. The Morgan fingerprint density at radius 3 is 2.18 bits per heavy atom. The number of non-ortho nitro benzene ring substituents is 1. The number of carbonyl (C=O) groups excluding carboxylic acids is 1. The van der Waals surface area contributed by atoms with Crippen LogP contribution in [0.4, 0.5) is 11.4 Å². The Hall–Kier alpha value is -4.58. The van der Waals surface area contributed by atoms with E-state index in [1.165, 1.54) is 66.9 Å².